The van der Waals surface area contributed by atoms with Gasteiger partial charge in [0.1, 0.15) is 11.5 Å². The van der Waals surface area contributed by atoms with E-state index in [4.69, 9.17) is 10.2 Å². The Labute approximate surface area is 162 Å². The average Bonchev–Trinajstić information content (AvgIpc) is 3.42. The standard InChI is InChI=1S/C21H22N4O3/c1-13-5-6-19(28-13)17-11-18(24-23-17)21(27)25-8-7-15(12-25)9-14-3-2-4-16(10-14)20(22)26/h2-6,10-11,15H,7-9,12H2,1H3,(H2,22,26)(H,23,24)/t15-/m1/s1. The van der Waals surface area contributed by atoms with E-state index in [1.807, 2.05) is 42.2 Å². The van der Waals surface area contributed by atoms with Crippen LogP contribution >= 0.6 is 0 Å². The van der Waals surface area contributed by atoms with Crippen molar-refractivity contribution in [2.24, 2.45) is 11.7 Å². The molecule has 2 amide bonds. The molecule has 4 rings (SSSR count). The molecule has 0 bridgehead atoms. The number of amides is 2. The summed E-state index contributed by atoms with van der Waals surface area (Å²) in [6.07, 6.45) is 1.73. The fourth-order valence-electron chi connectivity index (χ4n) is 3.67. The molecule has 1 aliphatic rings. The largest absolute Gasteiger partial charge is 0.460 e. The molecule has 7 heteroatoms. The smallest absolute Gasteiger partial charge is 0.274 e. The highest BCUT2D eigenvalue weighted by molar-refractivity contribution is 5.93. The maximum absolute atomic E-state index is 12.8. The van der Waals surface area contributed by atoms with Crippen molar-refractivity contribution in [1.82, 2.24) is 15.1 Å². The number of aromatic amines is 1. The maximum atomic E-state index is 12.8. The minimum atomic E-state index is -0.425. The predicted octanol–water partition coefficient (Wildman–Crippen LogP) is 2.78. The third kappa shape index (κ3) is 3.69. The summed E-state index contributed by atoms with van der Waals surface area (Å²) in [5.41, 5.74) is 8.01. The van der Waals surface area contributed by atoms with Gasteiger partial charge in [0, 0.05) is 24.7 Å². The first-order chi connectivity index (χ1) is 13.5. The molecule has 0 spiro atoms. The summed E-state index contributed by atoms with van der Waals surface area (Å²) in [7, 11) is 0. The van der Waals surface area contributed by atoms with Gasteiger partial charge in [0.25, 0.3) is 5.91 Å². The number of primary amides is 1. The van der Waals surface area contributed by atoms with Crippen LogP contribution < -0.4 is 5.73 Å². The number of aromatic nitrogens is 2. The molecule has 1 fully saturated rings. The molecule has 3 N–H and O–H groups in total. The Bertz CT molecular complexity index is 1020. The lowest BCUT2D eigenvalue weighted by Gasteiger charge is -2.15. The van der Waals surface area contributed by atoms with Gasteiger partial charge >= 0.3 is 0 Å². The molecule has 3 aromatic rings. The third-order valence-electron chi connectivity index (χ3n) is 5.11. The second kappa shape index (κ2) is 7.34. The highest BCUT2D eigenvalue weighted by atomic mass is 16.3. The van der Waals surface area contributed by atoms with Gasteiger partial charge < -0.3 is 15.1 Å². The molecule has 2 aromatic heterocycles. The number of furan rings is 1. The van der Waals surface area contributed by atoms with E-state index >= 15 is 0 Å². The molecular weight excluding hydrogens is 356 g/mol. The SMILES string of the molecule is Cc1ccc(-c2cc(C(=O)N3CC[C@H](Cc4cccc(C(N)=O)c4)C3)n[nH]2)o1. The van der Waals surface area contributed by atoms with Gasteiger partial charge in [-0.1, -0.05) is 12.1 Å². The van der Waals surface area contributed by atoms with E-state index in [1.165, 1.54) is 0 Å². The van der Waals surface area contributed by atoms with Crippen molar-refractivity contribution in [2.45, 2.75) is 19.8 Å². The van der Waals surface area contributed by atoms with Gasteiger partial charge in [0.2, 0.25) is 5.91 Å². The average molecular weight is 378 g/mol. The maximum Gasteiger partial charge on any atom is 0.274 e. The summed E-state index contributed by atoms with van der Waals surface area (Å²) in [6, 6.07) is 12.8. The second-order valence-electron chi connectivity index (χ2n) is 7.25. The van der Waals surface area contributed by atoms with Crippen LogP contribution in [0.15, 0.2) is 46.9 Å². The molecule has 0 aliphatic carbocycles. The zero-order chi connectivity index (χ0) is 19.7. The minimum Gasteiger partial charge on any atom is -0.460 e. The molecule has 0 saturated carbocycles. The highest BCUT2D eigenvalue weighted by Gasteiger charge is 2.28. The van der Waals surface area contributed by atoms with E-state index < -0.39 is 5.91 Å². The summed E-state index contributed by atoms with van der Waals surface area (Å²) >= 11 is 0. The molecular formula is C21H22N4O3. The molecule has 1 aliphatic heterocycles. The van der Waals surface area contributed by atoms with Crippen LogP contribution in [0.25, 0.3) is 11.5 Å². The lowest BCUT2D eigenvalue weighted by molar-refractivity contribution is 0.0781. The van der Waals surface area contributed by atoms with E-state index in [9.17, 15) is 9.59 Å². The van der Waals surface area contributed by atoms with Gasteiger partial charge in [0.05, 0.1) is 0 Å². The monoisotopic (exact) mass is 378 g/mol. The molecule has 1 aromatic carbocycles. The second-order valence-corrected chi connectivity index (χ2v) is 7.25. The Kier molecular flexibility index (Phi) is 4.73. The number of carbonyl (C=O) groups excluding carboxylic acids is 2. The summed E-state index contributed by atoms with van der Waals surface area (Å²) in [4.78, 5) is 26.0. The van der Waals surface area contributed by atoms with Crippen LogP contribution in [0.2, 0.25) is 0 Å². The number of benzene rings is 1. The van der Waals surface area contributed by atoms with Gasteiger partial charge in [0.15, 0.2) is 11.5 Å². The molecule has 1 atom stereocenters. The topological polar surface area (TPSA) is 105 Å². The fourth-order valence-corrected chi connectivity index (χ4v) is 3.67. The number of aryl methyl sites for hydroxylation is 1. The van der Waals surface area contributed by atoms with Crippen molar-refractivity contribution in [3.8, 4) is 11.5 Å². The number of carbonyl (C=O) groups is 2. The molecule has 7 nitrogen and oxygen atoms in total. The normalized spacial score (nSPS) is 16.5. The number of likely N-dealkylation sites (tertiary alicyclic amines) is 1. The molecule has 28 heavy (non-hydrogen) atoms. The first-order valence-corrected chi connectivity index (χ1v) is 9.30. The first-order valence-electron chi connectivity index (χ1n) is 9.30. The number of hydrogen-bond donors (Lipinski definition) is 2. The zero-order valence-electron chi connectivity index (χ0n) is 15.6. The van der Waals surface area contributed by atoms with Crippen LogP contribution in [0, 0.1) is 12.8 Å². The van der Waals surface area contributed by atoms with E-state index in [0.717, 1.165) is 24.2 Å². The summed E-state index contributed by atoms with van der Waals surface area (Å²) in [6.45, 7) is 3.23. The van der Waals surface area contributed by atoms with Crippen molar-refractivity contribution in [3.05, 3.63) is 65.0 Å². The van der Waals surface area contributed by atoms with Crippen molar-refractivity contribution in [3.63, 3.8) is 0 Å². The van der Waals surface area contributed by atoms with Crippen molar-refractivity contribution >= 4 is 11.8 Å². The van der Waals surface area contributed by atoms with Crippen LogP contribution in [0.3, 0.4) is 0 Å². The lowest BCUT2D eigenvalue weighted by Crippen LogP contribution is -2.29. The molecule has 0 radical (unpaired) electrons. The van der Waals surface area contributed by atoms with Gasteiger partial charge in [-0.3, -0.25) is 14.7 Å². The quantitative estimate of drug-likeness (QED) is 0.712. The number of rotatable bonds is 5. The van der Waals surface area contributed by atoms with E-state index in [2.05, 4.69) is 10.2 Å². The highest BCUT2D eigenvalue weighted by Crippen LogP contribution is 2.25. The summed E-state index contributed by atoms with van der Waals surface area (Å²) in [5, 5.41) is 7.03. The van der Waals surface area contributed by atoms with Crippen molar-refractivity contribution in [2.75, 3.05) is 13.1 Å². The van der Waals surface area contributed by atoms with Crippen LogP contribution in [0.1, 0.15) is 38.6 Å². The third-order valence-corrected chi connectivity index (χ3v) is 5.11. The Morgan fingerprint density at radius 2 is 2.14 bits per heavy atom. The number of hydrogen-bond acceptors (Lipinski definition) is 4. The number of nitrogens with zero attached hydrogens (tertiary/aromatic N) is 2. The van der Waals surface area contributed by atoms with Crippen molar-refractivity contribution in [1.29, 1.82) is 0 Å². The lowest BCUT2D eigenvalue weighted by atomic mass is 9.97. The zero-order valence-corrected chi connectivity index (χ0v) is 15.6. The summed E-state index contributed by atoms with van der Waals surface area (Å²) in [5.74, 6) is 1.31. The van der Waals surface area contributed by atoms with Gasteiger partial charge in [-0.05, 0) is 55.5 Å². The van der Waals surface area contributed by atoms with Gasteiger partial charge in [-0.15, -0.1) is 0 Å². The number of H-pyrrole nitrogens is 1. The predicted molar refractivity (Wildman–Crippen MR) is 104 cm³/mol. The fraction of sp³-hybridized carbons (Fsp3) is 0.286. The van der Waals surface area contributed by atoms with E-state index in [1.54, 1.807) is 12.1 Å². The molecule has 144 valence electrons. The van der Waals surface area contributed by atoms with E-state index in [-0.39, 0.29) is 5.91 Å². The Balaban J connectivity index is 1.40. The van der Waals surface area contributed by atoms with Gasteiger partial charge in [-0.25, -0.2) is 0 Å². The Hall–Kier alpha value is -3.35. The minimum absolute atomic E-state index is 0.0841. The van der Waals surface area contributed by atoms with Gasteiger partial charge in [-0.2, -0.15) is 5.10 Å². The summed E-state index contributed by atoms with van der Waals surface area (Å²) < 4.78 is 5.57. The first kappa shape index (κ1) is 18.0. The Morgan fingerprint density at radius 1 is 1.29 bits per heavy atom. The van der Waals surface area contributed by atoms with E-state index in [0.29, 0.717) is 41.7 Å². The molecule has 0 unspecified atom stereocenters. The molecule has 1 saturated heterocycles. The van der Waals surface area contributed by atoms with Crippen LogP contribution in [0.5, 0.6) is 0 Å². The molecule has 3 heterocycles. The van der Waals surface area contributed by atoms with Crippen molar-refractivity contribution < 1.29 is 14.0 Å². The van der Waals surface area contributed by atoms with Crippen LogP contribution in [-0.4, -0.2) is 40.0 Å². The number of nitrogens with one attached hydrogen (secondary N) is 1. The number of nitrogens with two attached hydrogens (primary N) is 1. The van der Waals surface area contributed by atoms with Crippen LogP contribution in [0.4, 0.5) is 0 Å². The van der Waals surface area contributed by atoms with Crippen LogP contribution in [-0.2, 0) is 6.42 Å². The Morgan fingerprint density at radius 3 is 2.89 bits per heavy atom.